The van der Waals surface area contributed by atoms with Crippen molar-refractivity contribution in [1.29, 1.82) is 0 Å². The number of aryl methyl sites for hydroxylation is 1. The Morgan fingerprint density at radius 3 is 2.41 bits per heavy atom. The number of imidazole rings is 1. The Balaban J connectivity index is 1.83. The van der Waals surface area contributed by atoms with Crippen LogP contribution in [0.15, 0.2) is 59.1 Å². The molecule has 2 aromatic carbocycles. The van der Waals surface area contributed by atoms with Crippen molar-refractivity contribution in [2.45, 2.75) is 19.0 Å². The number of Topliss-reactive ketones (excluding diaryl/α,β-unsaturated/α-hetero) is 1. The van der Waals surface area contributed by atoms with Gasteiger partial charge in [0.05, 0.1) is 43.7 Å². The fourth-order valence-electron chi connectivity index (χ4n) is 4.35. The van der Waals surface area contributed by atoms with Gasteiger partial charge in [0.15, 0.2) is 23.0 Å². The van der Waals surface area contributed by atoms with Crippen molar-refractivity contribution < 1.29 is 34.0 Å². The van der Waals surface area contributed by atoms with Gasteiger partial charge >= 0.3 is 0 Å². The smallest absolute Gasteiger partial charge is 0.295 e. The van der Waals surface area contributed by atoms with Gasteiger partial charge in [0, 0.05) is 31.0 Å². The second-order valence-corrected chi connectivity index (χ2v) is 9.12. The quantitative estimate of drug-likeness (QED) is 0.225. The summed E-state index contributed by atoms with van der Waals surface area (Å²) in [5.74, 6) is -1.08. The van der Waals surface area contributed by atoms with Crippen LogP contribution in [0.4, 0.5) is 0 Å². The molecular weight excluding hydrogens is 546 g/mol. The van der Waals surface area contributed by atoms with Crippen LogP contribution in [0.2, 0.25) is 0 Å². The summed E-state index contributed by atoms with van der Waals surface area (Å²) >= 11 is 3.31. The number of carbonyl (C=O) groups excluding carboxylic acids is 2. The number of amides is 1. The van der Waals surface area contributed by atoms with Crippen molar-refractivity contribution in [2.24, 2.45) is 0 Å². The van der Waals surface area contributed by atoms with Crippen LogP contribution in [0.5, 0.6) is 23.0 Å². The highest BCUT2D eigenvalue weighted by molar-refractivity contribution is 9.10. The molecule has 1 atom stereocenters. The number of phenolic OH excluding ortho intramolecular Hbond substituents is 1. The zero-order valence-corrected chi connectivity index (χ0v) is 22.1. The van der Waals surface area contributed by atoms with Gasteiger partial charge in [-0.1, -0.05) is 0 Å². The summed E-state index contributed by atoms with van der Waals surface area (Å²) in [6, 6.07) is 6.92. The average molecular weight is 572 g/mol. The molecule has 10 nitrogen and oxygen atoms in total. The molecule has 1 fully saturated rings. The second-order valence-electron chi connectivity index (χ2n) is 8.27. The lowest BCUT2D eigenvalue weighted by Gasteiger charge is -2.26. The van der Waals surface area contributed by atoms with Gasteiger partial charge < -0.3 is 33.9 Å². The Hall–Kier alpha value is -3.99. The van der Waals surface area contributed by atoms with E-state index < -0.39 is 17.7 Å². The van der Waals surface area contributed by atoms with Gasteiger partial charge in [-0.2, -0.15) is 0 Å². The number of ketones is 1. The number of methoxy groups -OCH3 is 3. The lowest BCUT2D eigenvalue weighted by Crippen LogP contribution is -2.31. The number of hydrogen-bond donors (Lipinski definition) is 2. The minimum absolute atomic E-state index is 0.0838. The van der Waals surface area contributed by atoms with Crippen LogP contribution in [0.25, 0.3) is 5.76 Å². The molecule has 194 valence electrons. The number of carbonyl (C=O) groups is 2. The van der Waals surface area contributed by atoms with Crippen LogP contribution in [0.3, 0.4) is 0 Å². The minimum Gasteiger partial charge on any atom is -0.507 e. The highest BCUT2D eigenvalue weighted by Gasteiger charge is 2.46. The number of aliphatic hydroxyl groups excluding tert-OH is 1. The molecule has 0 radical (unpaired) electrons. The van der Waals surface area contributed by atoms with E-state index in [-0.39, 0.29) is 34.9 Å². The number of benzene rings is 2. The molecule has 2 heterocycles. The molecule has 1 aromatic heterocycles. The van der Waals surface area contributed by atoms with Crippen molar-refractivity contribution in [3.05, 3.63) is 70.2 Å². The number of aromatic hydroxyl groups is 1. The van der Waals surface area contributed by atoms with E-state index in [0.717, 1.165) is 0 Å². The van der Waals surface area contributed by atoms with Gasteiger partial charge in [-0.15, -0.1) is 0 Å². The largest absolute Gasteiger partial charge is 0.507 e. The van der Waals surface area contributed by atoms with Crippen molar-refractivity contribution in [1.82, 2.24) is 14.5 Å². The number of aliphatic hydroxyl groups is 1. The predicted octanol–water partition coefficient (Wildman–Crippen LogP) is 3.89. The van der Waals surface area contributed by atoms with Crippen molar-refractivity contribution in [2.75, 3.05) is 27.9 Å². The van der Waals surface area contributed by atoms with Crippen molar-refractivity contribution in [3.63, 3.8) is 0 Å². The zero-order valence-electron chi connectivity index (χ0n) is 20.5. The van der Waals surface area contributed by atoms with Crippen LogP contribution in [0, 0.1) is 0 Å². The van der Waals surface area contributed by atoms with Crippen LogP contribution < -0.4 is 14.2 Å². The summed E-state index contributed by atoms with van der Waals surface area (Å²) in [5, 5.41) is 21.7. The monoisotopic (exact) mass is 571 g/mol. The number of phenols is 1. The van der Waals surface area contributed by atoms with Crippen LogP contribution in [0.1, 0.15) is 23.6 Å². The van der Waals surface area contributed by atoms with E-state index in [1.165, 1.54) is 32.3 Å². The highest BCUT2D eigenvalue weighted by Crippen LogP contribution is 2.45. The van der Waals surface area contributed by atoms with E-state index in [9.17, 15) is 19.8 Å². The summed E-state index contributed by atoms with van der Waals surface area (Å²) in [6.07, 6.45) is 5.68. The average Bonchev–Trinajstić information content (AvgIpc) is 3.51. The molecule has 0 bridgehead atoms. The molecule has 0 aliphatic carbocycles. The molecular formula is C26H26BrN3O7. The summed E-state index contributed by atoms with van der Waals surface area (Å²) in [6.45, 7) is 0.810. The third-order valence-electron chi connectivity index (χ3n) is 6.16. The van der Waals surface area contributed by atoms with Gasteiger partial charge in [-0.3, -0.25) is 9.59 Å². The summed E-state index contributed by atoms with van der Waals surface area (Å²) in [7, 11) is 4.35. The third kappa shape index (κ3) is 4.99. The number of halogens is 1. The van der Waals surface area contributed by atoms with Crippen molar-refractivity contribution >= 4 is 33.4 Å². The number of likely N-dealkylation sites (tertiary alicyclic amines) is 1. The van der Waals surface area contributed by atoms with Crippen LogP contribution in [-0.4, -0.2) is 64.2 Å². The standard InChI is InChI=1S/C26H26BrN3O7/c1-35-18-6-5-15(12-19(18)36-2)23(31)21-22(16-11-17(27)24(32)20(13-16)37-3)30(26(34)25(21)33)9-4-8-29-10-7-28-14-29/h5-7,10-14,22,31-32H,4,8-9H2,1-3H3/t22-/m1/s1. The molecule has 3 aromatic rings. The Labute approximate surface area is 221 Å². The SMILES string of the molecule is COc1ccc(C(O)=C2C(=O)C(=O)N(CCCn3ccnc3)[C@@H]2c2cc(Br)c(O)c(OC)c2)cc1OC. The molecule has 0 unspecified atom stereocenters. The number of rotatable bonds is 9. The van der Waals surface area contributed by atoms with E-state index in [1.54, 1.807) is 36.8 Å². The fourth-order valence-corrected chi connectivity index (χ4v) is 4.81. The van der Waals surface area contributed by atoms with Crippen LogP contribution >= 0.6 is 15.9 Å². The molecule has 2 N–H and O–H groups in total. The summed E-state index contributed by atoms with van der Waals surface area (Å²) in [5.41, 5.74) is 0.675. The number of ether oxygens (including phenoxy) is 3. The molecule has 0 spiro atoms. The fraction of sp³-hybridized carbons (Fsp3) is 0.269. The maximum Gasteiger partial charge on any atom is 0.295 e. The minimum atomic E-state index is -0.929. The molecule has 11 heteroatoms. The topological polar surface area (TPSA) is 123 Å². The van der Waals surface area contributed by atoms with Gasteiger partial charge in [-0.05, 0) is 58.2 Å². The first-order chi connectivity index (χ1) is 17.8. The van der Waals surface area contributed by atoms with Gasteiger partial charge in [0.1, 0.15) is 5.76 Å². The van der Waals surface area contributed by atoms with E-state index in [1.807, 2.05) is 10.8 Å². The van der Waals surface area contributed by atoms with Gasteiger partial charge in [0.25, 0.3) is 11.7 Å². The normalized spacial score (nSPS) is 16.8. The number of aromatic nitrogens is 2. The molecule has 1 amide bonds. The Bertz CT molecular complexity index is 1350. The highest BCUT2D eigenvalue weighted by atomic mass is 79.9. The maximum atomic E-state index is 13.3. The van der Waals surface area contributed by atoms with E-state index in [4.69, 9.17) is 14.2 Å². The van der Waals surface area contributed by atoms with Crippen LogP contribution in [-0.2, 0) is 16.1 Å². The third-order valence-corrected chi connectivity index (χ3v) is 6.76. The first-order valence-electron chi connectivity index (χ1n) is 11.3. The van der Waals surface area contributed by atoms with Gasteiger partial charge in [-0.25, -0.2) is 4.98 Å². The number of hydrogen-bond acceptors (Lipinski definition) is 8. The Morgan fingerprint density at radius 1 is 1.03 bits per heavy atom. The molecule has 37 heavy (non-hydrogen) atoms. The van der Waals surface area contributed by atoms with E-state index >= 15 is 0 Å². The first kappa shape index (κ1) is 26.1. The maximum absolute atomic E-state index is 13.3. The van der Waals surface area contributed by atoms with E-state index in [0.29, 0.717) is 34.5 Å². The molecule has 1 aliphatic heterocycles. The molecule has 1 aliphatic rings. The lowest BCUT2D eigenvalue weighted by molar-refractivity contribution is -0.139. The lowest BCUT2D eigenvalue weighted by atomic mass is 9.94. The zero-order chi connectivity index (χ0) is 26.7. The molecule has 4 rings (SSSR count). The predicted molar refractivity (Wildman–Crippen MR) is 138 cm³/mol. The molecule has 1 saturated heterocycles. The number of nitrogens with zero attached hydrogens (tertiary/aromatic N) is 3. The van der Waals surface area contributed by atoms with Crippen molar-refractivity contribution in [3.8, 4) is 23.0 Å². The Kier molecular flexibility index (Phi) is 7.72. The Morgan fingerprint density at radius 2 is 1.76 bits per heavy atom. The summed E-state index contributed by atoms with van der Waals surface area (Å²) < 4.78 is 18.1. The van der Waals surface area contributed by atoms with E-state index in [2.05, 4.69) is 20.9 Å². The second kappa shape index (κ2) is 11.0. The molecule has 0 saturated carbocycles. The summed E-state index contributed by atoms with van der Waals surface area (Å²) in [4.78, 5) is 32.0. The first-order valence-corrected chi connectivity index (χ1v) is 12.1. The van der Waals surface area contributed by atoms with Gasteiger partial charge in [0.2, 0.25) is 0 Å².